The van der Waals surface area contributed by atoms with E-state index in [1.54, 1.807) is 6.92 Å². The zero-order valence-electron chi connectivity index (χ0n) is 8.82. The molecule has 0 saturated heterocycles. The van der Waals surface area contributed by atoms with Gasteiger partial charge in [0.2, 0.25) is 5.91 Å². The summed E-state index contributed by atoms with van der Waals surface area (Å²) in [5.41, 5.74) is 5.19. The van der Waals surface area contributed by atoms with Crippen molar-refractivity contribution in [1.82, 2.24) is 0 Å². The van der Waals surface area contributed by atoms with E-state index in [1.165, 1.54) is 0 Å². The highest BCUT2D eigenvalue weighted by molar-refractivity contribution is 5.78. The Hall–Kier alpha value is -1.06. The lowest BCUT2D eigenvalue weighted by Gasteiger charge is -2.14. The van der Waals surface area contributed by atoms with Crippen LogP contribution in [-0.2, 0) is 9.59 Å². The number of hydrogen-bond acceptors (Lipinski definition) is 2. The molecule has 0 aromatic carbocycles. The van der Waals surface area contributed by atoms with E-state index in [4.69, 9.17) is 10.8 Å². The molecule has 0 bridgehead atoms. The van der Waals surface area contributed by atoms with Gasteiger partial charge < -0.3 is 10.8 Å². The lowest BCUT2D eigenvalue weighted by atomic mass is 9.91. The van der Waals surface area contributed by atoms with Crippen LogP contribution in [0.3, 0.4) is 0 Å². The number of amides is 1. The molecule has 3 N–H and O–H groups in total. The molecule has 0 saturated carbocycles. The molecule has 0 spiro atoms. The van der Waals surface area contributed by atoms with Gasteiger partial charge >= 0.3 is 5.97 Å². The summed E-state index contributed by atoms with van der Waals surface area (Å²) in [7, 11) is 0. The Kier molecular flexibility index (Phi) is 5.92. The maximum atomic E-state index is 11.0. The van der Waals surface area contributed by atoms with Crippen molar-refractivity contribution in [2.45, 2.75) is 39.5 Å². The van der Waals surface area contributed by atoms with Gasteiger partial charge in [-0.15, -0.1) is 0 Å². The second-order valence-electron chi connectivity index (χ2n) is 3.72. The summed E-state index contributed by atoms with van der Waals surface area (Å²) in [4.78, 5) is 21.6. The van der Waals surface area contributed by atoms with Crippen LogP contribution in [0.15, 0.2) is 0 Å². The fourth-order valence-corrected chi connectivity index (χ4v) is 1.35. The summed E-state index contributed by atoms with van der Waals surface area (Å²) in [6, 6.07) is 0. The topological polar surface area (TPSA) is 80.4 Å². The minimum absolute atomic E-state index is 0.291. The molecular formula is C10H19NO3. The number of unbranched alkanes of at least 4 members (excludes halogenated alkanes) is 1. The average molecular weight is 201 g/mol. The average Bonchev–Trinajstić information content (AvgIpc) is 2.10. The van der Waals surface area contributed by atoms with Crippen LogP contribution >= 0.6 is 0 Å². The van der Waals surface area contributed by atoms with Crippen molar-refractivity contribution in [3.05, 3.63) is 0 Å². The highest BCUT2D eigenvalue weighted by Gasteiger charge is 2.21. The van der Waals surface area contributed by atoms with Crippen LogP contribution < -0.4 is 5.73 Å². The van der Waals surface area contributed by atoms with Crippen LogP contribution in [0.1, 0.15) is 39.5 Å². The lowest BCUT2D eigenvalue weighted by Crippen LogP contribution is -2.27. The Morgan fingerprint density at radius 1 is 1.43 bits per heavy atom. The van der Waals surface area contributed by atoms with E-state index in [2.05, 4.69) is 0 Å². The first-order valence-electron chi connectivity index (χ1n) is 5.01. The Morgan fingerprint density at radius 2 is 2.00 bits per heavy atom. The van der Waals surface area contributed by atoms with Crippen molar-refractivity contribution in [3.8, 4) is 0 Å². The summed E-state index contributed by atoms with van der Waals surface area (Å²) in [6.45, 7) is 3.63. The van der Waals surface area contributed by atoms with Crippen molar-refractivity contribution in [3.63, 3.8) is 0 Å². The number of carboxylic acid groups (broad SMARTS) is 1. The molecule has 4 nitrogen and oxygen atoms in total. The Bertz CT molecular complexity index is 204. The van der Waals surface area contributed by atoms with Gasteiger partial charge in [-0.25, -0.2) is 0 Å². The van der Waals surface area contributed by atoms with Crippen molar-refractivity contribution < 1.29 is 14.7 Å². The number of carbonyl (C=O) groups excluding carboxylic acids is 1. The van der Waals surface area contributed by atoms with Crippen molar-refractivity contribution in [2.24, 2.45) is 17.6 Å². The zero-order valence-corrected chi connectivity index (χ0v) is 8.82. The summed E-state index contributed by atoms with van der Waals surface area (Å²) >= 11 is 0. The second kappa shape index (κ2) is 6.40. The number of carbonyl (C=O) groups is 2. The Labute approximate surface area is 84.5 Å². The molecule has 2 unspecified atom stereocenters. The fraction of sp³-hybridized carbons (Fsp3) is 0.800. The summed E-state index contributed by atoms with van der Waals surface area (Å²) in [5, 5.41) is 8.69. The number of carboxylic acids is 1. The number of primary amides is 1. The van der Waals surface area contributed by atoms with Gasteiger partial charge in [0, 0.05) is 5.92 Å². The maximum Gasteiger partial charge on any atom is 0.306 e. The summed E-state index contributed by atoms with van der Waals surface area (Å²) in [5.74, 6) is -2.04. The van der Waals surface area contributed by atoms with Gasteiger partial charge in [0.25, 0.3) is 0 Å². The van der Waals surface area contributed by atoms with Crippen LogP contribution in [0.4, 0.5) is 0 Å². The molecule has 0 radical (unpaired) electrons. The van der Waals surface area contributed by atoms with Crippen LogP contribution in [0.25, 0.3) is 0 Å². The Balaban J connectivity index is 4.08. The van der Waals surface area contributed by atoms with Gasteiger partial charge in [0.05, 0.1) is 5.92 Å². The predicted octanol–water partition coefficient (Wildman–Crippen LogP) is 1.39. The van der Waals surface area contributed by atoms with E-state index < -0.39 is 11.9 Å². The molecule has 14 heavy (non-hydrogen) atoms. The molecule has 0 aromatic heterocycles. The summed E-state index contributed by atoms with van der Waals surface area (Å²) < 4.78 is 0. The van der Waals surface area contributed by atoms with Crippen LogP contribution in [0.5, 0.6) is 0 Å². The first-order valence-corrected chi connectivity index (χ1v) is 5.01. The quantitative estimate of drug-likeness (QED) is 0.653. The zero-order chi connectivity index (χ0) is 11.1. The molecule has 0 heterocycles. The number of aliphatic carboxylic acids is 1. The molecule has 0 aliphatic rings. The van der Waals surface area contributed by atoms with E-state index in [9.17, 15) is 9.59 Å². The summed E-state index contributed by atoms with van der Waals surface area (Å²) in [6.07, 6.45) is 2.96. The highest BCUT2D eigenvalue weighted by atomic mass is 16.4. The predicted molar refractivity (Wildman–Crippen MR) is 53.6 cm³/mol. The van der Waals surface area contributed by atoms with Crippen LogP contribution in [0, 0.1) is 11.8 Å². The van der Waals surface area contributed by atoms with E-state index in [0.717, 1.165) is 12.8 Å². The fourth-order valence-electron chi connectivity index (χ4n) is 1.35. The standard InChI is InChI=1S/C10H19NO3/c1-3-4-5-8(9(11)12)6-7(2)10(13)14/h7-8H,3-6H2,1-2H3,(H2,11,12)(H,13,14). The minimum atomic E-state index is -0.868. The van der Waals surface area contributed by atoms with Crippen molar-refractivity contribution in [1.29, 1.82) is 0 Å². The van der Waals surface area contributed by atoms with Crippen LogP contribution in [-0.4, -0.2) is 17.0 Å². The highest BCUT2D eigenvalue weighted by Crippen LogP contribution is 2.18. The van der Waals surface area contributed by atoms with Crippen LogP contribution in [0.2, 0.25) is 0 Å². The molecule has 4 heteroatoms. The Morgan fingerprint density at radius 3 is 2.36 bits per heavy atom. The molecular weight excluding hydrogens is 182 g/mol. The van der Waals surface area contributed by atoms with E-state index in [-0.39, 0.29) is 11.8 Å². The third-order valence-corrected chi connectivity index (χ3v) is 2.37. The number of nitrogens with two attached hydrogens (primary N) is 1. The third kappa shape index (κ3) is 4.84. The molecule has 0 rings (SSSR count). The third-order valence-electron chi connectivity index (χ3n) is 2.37. The normalized spacial score (nSPS) is 14.7. The van der Waals surface area contributed by atoms with E-state index in [0.29, 0.717) is 12.8 Å². The van der Waals surface area contributed by atoms with Gasteiger partial charge in [-0.3, -0.25) is 9.59 Å². The van der Waals surface area contributed by atoms with Gasteiger partial charge in [0.1, 0.15) is 0 Å². The second-order valence-corrected chi connectivity index (χ2v) is 3.72. The first-order chi connectivity index (χ1) is 6.49. The largest absolute Gasteiger partial charge is 0.481 e. The van der Waals surface area contributed by atoms with Crippen molar-refractivity contribution in [2.75, 3.05) is 0 Å². The number of rotatable bonds is 7. The molecule has 0 aromatic rings. The molecule has 82 valence electrons. The monoisotopic (exact) mass is 201 g/mol. The molecule has 1 amide bonds. The maximum absolute atomic E-state index is 11.0. The first kappa shape index (κ1) is 12.9. The van der Waals surface area contributed by atoms with Gasteiger partial charge in [0.15, 0.2) is 0 Å². The SMILES string of the molecule is CCCCC(CC(C)C(=O)O)C(N)=O. The molecule has 0 aliphatic heterocycles. The molecule has 0 aliphatic carbocycles. The van der Waals surface area contributed by atoms with Gasteiger partial charge in [-0.1, -0.05) is 26.7 Å². The van der Waals surface area contributed by atoms with Gasteiger partial charge in [-0.2, -0.15) is 0 Å². The van der Waals surface area contributed by atoms with Crippen molar-refractivity contribution >= 4 is 11.9 Å². The molecule has 0 fully saturated rings. The number of hydrogen-bond donors (Lipinski definition) is 2. The molecule has 2 atom stereocenters. The smallest absolute Gasteiger partial charge is 0.306 e. The van der Waals surface area contributed by atoms with Gasteiger partial charge in [-0.05, 0) is 12.8 Å². The van der Waals surface area contributed by atoms with E-state index in [1.807, 2.05) is 6.92 Å². The minimum Gasteiger partial charge on any atom is -0.481 e. The lowest BCUT2D eigenvalue weighted by molar-refractivity contribution is -0.142. The van der Waals surface area contributed by atoms with E-state index >= 15 is 0 Å².